The van der Waals surface area contributed by atoms with Crippen LogP contribution in [-0.4, -0.2) is 63.8 Å². The van der Waals surface area contributed by atoms with Crippen LogP contribution >= 0.6 is 0 Å². The summed E-state index contributed by atoms with van der Waals surface area (Å²) in [5.74, 6) is -0.673. The van der Waals surface area contributed by atoms with Crippen molar-refractivity contribution in [2.75, 3.05) is 33.5 Å². The first kappa shape index (κ1) is 35.7. The van der Waals surface area contributed by atoms with Crippen LogP contribution in [0.25, 0.3) is 0 Å². The normalized spacial score (nSPS) is 12.1. The van der Waals surface area contributed by atoms with Gasteiger partial charge >= 0.3 is 24.2 Å². The van der Waals surface area contributed by atoms with Gasteiger partial charge in [-0.3, -0.25) is 9.59 Å². The van der Waals surface area contributed by atoms with Crippen LogP contribution in [-0.2, 0) is 35.0 Å². The van der Waals surface area contributed by atoms with Crippen LogP contribution in [0.15, 0.2) is 18.2 Å². The lowest BCUT2D eigenvalue weighted by Crippen LogP contribution is -2.41. The van der Waals surface area contributed by atoms with Crippen molar-refractivity contribution in [2.45, 2.75) is 91.5 Å². The number of unbranched alkanes of at least 4 members (excludes halogenated alkanes) is 4. The minimum atomic E-state index is -0.943. The van der Waals surface area contributed by atoms with Crippen molar-refractivity contribution in [3.05, 3.63) is 23.8 Å². The van der Waals surface area contributed by atoms with Crippen molar-refractivity contribution in [1.29, 1.82) is 0 Å². The van der Waals surface area contributed by atoms with Gasteiger partial charge in [-0.25, -0.2) is 9.59 Å². The van der Waals surface area contributed by atoms with Gasteiger partial charge in [-0.05, 0) is 42.9 Å². The lowest BCUT2D eigenvalue weighted by atomic mass is 10.1. The summed E-state index contributed by atoms with van der Waals surface area (Å²) >= 11 is 0. The summed E-state index contributed by atoms with van der Waals surface area (Å²) in [4.78, 5) is 48.9. The van der Waals surface area contributed by atoms with Crippen molar-refractivity contribution in [3.63, 3.8) is 0 Å². The highest BCUT2D eigenvalue weighted by molar-refractivity contribution is 5.76. The van der Waals surface area contributed by atoms with Crippen LogP contribution in [0.4, 0.5) is 9.59 Å². The number of carbonyl (C=O) groups is 4. The van der Waals surface area contributed by atoms with Gasteiger partial charge in [-0.1, -0.05) is 65.9 Å². The first-order chi connectivity index (χ1) is 19.7. The lowest BCUT2D eigenvalue weighted by Gasteiger charge is -2.18. The van der Waals surface area contributed by atoms with Crippen molar-refractivity contribution in [3.8, 4) is 11.5 Å². The molecule has 0 heterocycles. The fourth-order valence-corrected chi connectivity index (χ4v) is 3.60. The molecule has 1 aromatic carbocycles. The molecule has 0 aromatic heterocycles. The molecule has 0 aliphatic carbocycles. The Morgan fingerprint density at radius 3 is 1.98 bits per heavy atom. The number of esters is 2. The average Bonchev–Trinajstić information content (AvgIpc) is 2.95. The van der Waals surface area contributed by atoms with Crippen molar-refractivity contribution >= 4 is 24.2 Å². The summed E-state index contributed by atoms with van der Waals surface area (Å²) in [5, 5.41) is 3.03. The molecule has 0 fully saturated rings. The van der Waals surface area contributed by atoms with E-state index in [1.54, 1.807) is 6.07 Å². The van der Waals surface area contributed by atoms with E-state index in [0.717, 1.165) is 32.1 Å². The van der Waals surface area contributed by atoms with Crippen LogP contribution in [0.1, 0.15) is 84.6 Å². The van der Waals surface area contributed by atoms with Gasteiger partial charge in [0.25, 0.3) is 0 Å². The largest absolute Gasteiger partial charge is 0.513 e. The SMILES string of the molecule is CCCCCOC(=O)Oc1ccc(C[C@H](NCCOC(=O)CC(C)CC)C(=O)OC)cc1OC(=O)OCCCCC. The molecule has 0 bridgehead atoms. The van der Waals surface area contributed by atoms with Gasteiger partial charge < -0.3 is 33.7 Å². The highest BCUT2D eigenvalue weighted by Gasteiger charge is 2.22. The number of methoxy groups -OCH3 is 1. The Hall–Kier alpha value is -3.34. The van der Waals surface area contributed by atoms with E-state index in [0.29, 0.717) is 24.8 Å². The second-order valence-corrected chi connectivity index (χ2v) is 9.77. The zero-order chi connectivity index (χ0) is 30.5. The first-order valence-corrected chi connectivity index (χ1v) is 14.5. The zero-order valence-electron chi connectivity index (χ0n) is 25.2. The number of hydrogen-bond acceptors (Lipinski definition) is 11. The summed E-state index contributed by atoms with van der Waals surface area (Å²) in [6.07, 6.45) is 4.65. The molecule has 11 nitrogen and oxygen atoms in total. The molecular formula is C30H47NO10. The number of ether oxygens (including phenoxy) is 6. The smallest absolute Gasteiger partial charge is 0.468 e. The predicted octanol–water partition coefficient (Wildman–Crippen LogP) is 5.75. The van der Waals surface area contributed by atoms with E-state index in [-0.39, 0.29) is 56.2 Å². The molecular weight excluding hydrogens is 534 g/mol. The van der Waals surface area contributed by atoms with Crippen LogP contribution in [0.3, 0.4) is 0 Å². The Labute approximate surface area is 243 Å². The Kier molecular flexibility index (Phi) is 18.6. The topological polar surface area (TPSA) is 136 Å². The van der Waals surface area contributed by atoms with E-state index in [1.807, 2.05) is 27.7 Å². The predicted molar refractivity (Wildman–Crippen MR) is 152 cm³/mol. The van der Waals surface area contributed by atoms with Gasteiger partial charge in [0.1, 0.15) is 12.6 Å². The number of nitrogens with one attached hydrogen (secondary N) is 1. The molecule has 11 heteroatoms. The van der Waals surface area contributed by atoms with E-state index in [1.165, 1.54) is 19.2 Å². The van der Waals surface area contributed by atoms with Crippen LogP contribution in [0, 0.1) is 5.92 Å². The van der Waals surface area contributed by atoms with Gasteiger partial charge in [-0.2, -0.15) is 0 Å². The molecule has 232 valence electrons. The molecule has 0 aliphatic heterocycles. The molecule has 0 amide bonds. The van der Waals surface area contributed by atoms with Crippen LogP contribution in [0.2, 0.25) is 0 Å². The molecule has 41 heavy (non-hydrogen) atoms. The monoisotopic (exact) mass is 581 g/mol. The van der Waals surface area contributed by atoms with Crippen LogP contribution in [0.5, 0.6) is 11.5 Å². The minimum absolute atomic E-state index is 0.0319. The maximum Gasteiger partial charge on any atom is 0.513 e. The number of carbonyl (C=O) groups excluding carboxylic acids is 4. The number of rotatable bonds is 20. The third-order valence-corrected chi connectivity index (χ3v) is 6.22. The molecule has 1 rings (SSSR count). The molecule has 0 aliphatic rings. The summed E-state index contributed by atoms with van der Waals surface area (Å²) in [7, 11) is 1.27. The van der Waals surface area contributed by atoms with Gasteiger partial charge in [0, 0.05) is 13.0 Å². The highest BCUT2D eigenvalue weighted by atomic mass is 16.7. The van der Waals surface area contributed by atoms with E-state index in [4.69, 9.17) is 28.4 Å². The highest BCUT2D eigenvalue weighted by Crippen LogP contribution is 2.30. The molecule has 0 radical (unpaired) electrons. The third-order valence-electron chi connectivity index (χ3n) is 6.22. The summed E-state index contributed by atoms with van der Waals surface area (Å²) in [6, 6.07) is 3.78. The first-order valence-electron chi connectivity index (χ1n) is 14.5. The molecule has 0 saturated carbocycles. The average molecular weight is 582 g/mol. The Balaban J connectivity index is 2.92. The second kappa shape index (κ2) is 21.4. The fraction of sp³-hybridized carbons (Fsp3) is 0.667. The summed E-state index contributed by atoms with van der Waals surface area (Å²) in [5.41, 5.74) is 0.583. The van der Waals surface area contributed by atoms with E-state index >= 15 is 0 Å². The minimum Gasteiger partial charge on any atom is -0.468 e. The maximum absolute atomic E-state index is 12.4. The molecule has 1 N–H and O–H groups in total. The van der Waals surface area contributed by atoms with E-state index in [9.17, 15) is 19.2 Å². The van der Waals surface area contributed by atoms with Gasteiger partial charge in [0.2, 0.25) is 0 Å². The standard InChI is InChI=1S/C30H47NO10/c1-6-9-11-16-38-29(34)40-25-14-13-23(21-26(25)41-30(35)39-17-12-10-7-2)20-24(28(33)36-5)31-15-18-37-27(32)19-22(4)8-3/h13-14,21-22,24,31H,6-12,15-20H2,1-5H3/t22?,24-/m0/s1. The maximum atomic E-state index is 12.4. The Morgan fingerprint density at radius 2 is 1.41 bits per heavy atom. The fourth-order valence-electron chi connectivity index (χ4n) is 3.60. The number of hydrogen-bond donors (Lipinski definition) is 1. The Bertz CT molecular complexity index is 936. The van der Waals surface area contributed by atoms with E-state index in [2.05, 4.69) is 5.32 Å². The molecule has 0 saturated heterocycles. The van der Waals surface area contributed by atoms with E-state index < -0.39 is 24.3 Å². The molecule has 1 aromatic rings. The lowest BCUT2D eigenvalue weighted by molar-refractivity contribution is -0.144. The van der Waals surface area contributed by atoms with Gasteiger partial charge in [0.15, 0.2) is 11.5 Å². The summed E-state index contributed by atoms with van der Waals surface area (Å²) in [6.45, 7) is 8.77. The molecule has 1 unspecified atom stereocenters. The number of benzene rings is 1. The third kappa shape index (κ3) is 15.9. The summed E-state index contributed by atoms with van der Waals surface area (Å²) < 4.78 is 31.0. The van der Waals surface area contributed by atoms with Crippen molar-refractivity contribution < 1.29 is 47.6 Å². The van der Waals surface area contributed by atoms with Crippen molar-refractivity contribution in [2.24, 2.45) is 5.92 Å². The molecule has 2 atom stereocenters. The quantitative estimate of drug-likeness (QED) is 0.0872. The van der Waals surface area contributed by atoms with Crippen LogP contribution < -0.4 is 14.8 Å². The molecule has 0 spiro atoms. The van der Waals surface area contributed by atoms with Gasteiger partial charge in [0.05, 0.1) is 20.3 Å². The van der Waals surface area contributed by atoms with Gasteiger partial charge in [-0.15, -0.1) is 0 Å². The second-order valence-electron chi connectivity index (χ2n) is 9.77. The zero-order valence-corrected chi connectivity index (χ0v) is 25.2. The van der Waals surface area contributed by atoms with Crippen molar-refractivity contribution in [1.82, 2.24) is 5.32 Å². The Morgan fingerprint density at radius 1 is 0.805 bits per heavy atom.